The molecule has 0 spiro atoms. The van der Waals surface area contributed by atoms with E-state index in [2.05, 4.69) is 32.3 Å². The van der Waals surface area contributed by atoms with Crippen LogP contribution in [-0.2, 0) is 11.3 Å². The molecule has 1 saturated heterocycles. The van der Waals surface area contributed by atoms with Crippen LogP contribution in [-0.4, -0.2) is 47.2 Å². The van der Waals surface area contributed by atoms with Crippen molar-refractivity contribution in [2.45, 2.75) is 38.5 Å². The van der Waals surface area contributed by atoms with E-state index in [9.17, 15) is 4.79 Å². The van der Waals surface area contributed by atoms with Gasteiger partial charge in [-0.05, 0) is 60.7 Å². The van der Waals surface area contributed by atoms with Gasteiger partial charge in [-0.2, -0.15) is 0 Å². The Balaban J connectivity index is 1.30. The normalized spacial score (nSPS) is 26.1. The molecule has 6 heteroatoms. The first-order valence-electron chi connectivity index (χ1n) is 11.1. The number of aromatic amines is 1. The highest BCUT2D eigenvalue weighted by atomic mass is 16.5. The van der Waals surface area contributed by atoms with Crippen LogP contribution in [0.4, 0.5) is 5.82 Å². The van der Waals surface area contributed by atoms with Crippen molar-refractivity contribution in [2.24, 2.45) is 11.8 Å². The van der Waals surface area contributed by atoms with Crippen LogP contribution in [0.25, 0.3) is 10.9 Å². The second kappa shape index (κ2) is 8.44. The number of aromatic nitrogens is 2. The van der Waals surface area contributed by atoms with Gasteiger partial charge in [0.15, 0.2) is 0 Å². The minimum absolute atomic E-state index is 0.0288. The van der Waals surface area contributed by atoms with Crippen molar-refractivity contribution >= 4 is 16.7 Å². The fourth-order valence-electron chi connectivity index (χ4n) is 5.48. The molecule has 2 N–H and O–H groups in total. The Morgan fingerprint density at radius 2 is 2.00 bits per heavy atom. The average Bonchev–Trinajstić information content (AvgIpc) is 3.16. The van der Waals surface area contributed by atoms with E-state index in [0.29, 0.717) is 18.4 Å². The number of hydrogen-bond donors (Lipinski definition) is 2. The van der Waals surface area contributed by atoms with Crippen LogP contribution in [0.2, 0.25) is 0 Å². The lowest BCUT2D eigenvalue weighted by Crippen LogP contribution is -2.44. The Bertz CT molecular complexity index is 1110. The van der Waals surface area contributed by atoms with E-state index in [4.69, 9.17) is 4.74 Å². The van der Waals surface area contributed by atoms with E-state index in [-0.39, 0.29) is 17.7 Å². The molecule has 2 aliphatic rings. The molecular formula is C25H30N4O2. The molecule has 2 aromatic heterocycles. The standard InChI is InChI=1S/C25H30N4O2/c1-16-6-5-7-17-10-20(25(30)28-24(16)17)15-29-13-18-11-21(22(31-2)12-19(18)14-29)27-23-8-3-4-9-26-23/h3-10,18-19,21-22H,11-15H2,1-2H3,(H,26,27)(H,28,30)/t18-,19+,21-,22-/m1/s1. The second-order valence-corrected chi connectivity index (χ2v) is 9.09. The zero-order valence-corrected chi connectivity index (χ0v) is 18.2. The highest BCUT2D eigenvalue weighted by Gasteiger charge is 2.42. The van der Waals surface area contributed by atoms with Crippen molar-refractivity contribution in [3.63, 3.8) is 0 Å². The molecule has 1 aromatic carbocycles. The van der Waals surface area contributed by atoms with E-state index in [0.717, 1.165) is 53.8 Å². The van der Waals surface area contributed by atoms with Crippen LogP contribution < -0.4 is 10.9 Å². The second-order valence-electron chi connectivity index (χ2n) is 9.09. The summed E-state index contributed by atoms with van der Waals surface area (Å²) in [5.41, 5.74) is 2.92. The molecule has 2 fully saturated rings. The minimum atomic E-state index is 0.0288. The Morgan fingerprint density at radius 3 is 2.77 bits per heavy atom. The molecule has 1 saturated carbocycles. The zero-order valence-electron chi connectivity index (χ0n) is 18.2. The van der Waals surface area contributed by atoms with Crippen molar-refractivity contribution in [2.75, 3.05) is 25.5 Å². The van der Waals surface area contributed by atoms with Gasteiger partial charge in [0, 0.05) is 38.5 Å². The largest absolute Gasteiger partial charge is 0.379 e. The lowest BCUT2D eigenvalue weighted by Gasteiger charge is -2.37. The van der Waals surface area contributed by atoms with Gasteiger partial charge >= 0.3 is 0 Å². The number of nitrogens with one attached hydrogen (secondary N) is 2. The summed E-state index contributed by atoms with van der Waals surface area (Å²) in [6, 6.07) is 14.4. The third-order valence-corrected chi connectivity index (χ3v) is 7.05. The highest BCUT2D eigenvalue weighted by Crippen LogP contribution is 2.38. The van der Waals surface area contributed by atoms with E-state index < -0.39 is 0 Å². The van der Waals surface area contributed by atoms with Crippen molar-refractivity contribution < 1.29 is 4.74 Å². The molecule has 6 nitrogen and oxygen atoms in total. The van der Waals surface area contributed by atoms with E-state index in [1.54, 1.807) is 7.11 Å². The number of hydrogen-bond acceptors (Lipinski definition) is 5. The number of para-hydroxylation sites is 1. The number of fused-ring (bicyclic) bond motifs is 2. The topological polar surface area (TPSA) is 70.2 Å². The molecule has 3 heterocycles. The van der Waals surface area contributed by atoms with Gasteiger partial charge in [0.05, 0.1) is 17.7 Å². The number of aryl methyl sites for hydroxylation is 1. The third-order valence-electron chi connectivity index (χ3n) is 7.05. The summed E-state index contributed by atoms with van der Waals surface area (Å²) < 4.78 is 5.85. The predicted molar refractivity (Wildman–Crippen MR) is 123 cm³/mol. The Hall–Kier alpha value is -2.70. The Kier molecular flexibility index (Phi) is 5.50. The Labute approximate surface area is 182 Å². The molecule has 31 heavy (non-hydrogen) atoms. The number of likely N-dealkylation sites (tertiary alicyclic amines) is 1. The number of pyridine rings is 2. The highest BCUT2D eigenvalue weighted by molar-refractivity contribution is 5.81. The zero-order chi connectivity index (χ0) is 21.4. The van der Waals surface area contributed by atoms with Crippen LogP contribution >= 0.6 is 0 Å². The van der Waals surface area contributed by atoms with E-state index in [1.165, 1.54) is 0 Å². The molecule has 0 amide bonds. The molecule has 5 rings (SSSR count). The number of rotatable bonds is 5. The molecular weight excluding hydrogens is 388 g/mol. The van der Waals surface area contributed by atoms with Gasteiger partial charge in [-0.3, -0.25) is 9.69 Å². The molecule has 1 aliphatic heterocycles. The predicted octanol–water partition coefficient (Wildman–Crippen LogP) is 3.57. The Morgan fingerprint density at radius 1 is 1.16 bits per heavy atom. The summed E-state index contributed by atoms with van der Waals surface area (Å²) in [5.74, 6) is 2.11. The number of ether oxygens (including phenoxy) is 1. The molecule has 1 aliphatic carbocycles. The van der Waals surface area contributed by atoms with Crippen molar-refractivity contribution in [1.29, 1.82) is 0 Å². The van der Waals surface area contributed by atoms with Crippen LogP contribution in [0.1, 0.15) is 24.0 Å². The maximum atomic E-state index is 12.7. The van der Waals surface area contributed by atoms with Crippen LogP contribution in [0, 0.1) is 18.8 Å². The lowest BCUT2D eigenvalue weighted by molar-refractivity contribution is 0.0304. The summed E-state index contributed by atoms with van der Waals surface area (Å²) in [4.78, 5) is 22.7. The van der Waals surface area contributed by atoms with Gasteiger partial charge in [-0.25, -0.2) is 4.98 Å². The summed E-state index contributed by atoms with van der Waals surface area (Å²) in [7, 11) is 1.81. The summed E-state index contributed by atoms with van der Waals surface area (Å²) in [6.07, 6.45) is 4.09. The van der Waals surface area contributed by atoms with Crippen LogP contribution in [0.15, 0.2) is 53.5 Å². The van der Waals surface area contributed by atoms with Gasteiger partial charge in [-0.1, -0.05) is 24.3 Å². The van der Waals surface area contributed by atoms with Gasteiger partial charge in [-0.15, -0.1) is 0 Å². The van der Waals surface area contributed by atoms with Gasteiger partial charge in [0.2, 0.25) is 0 Å². The SMILES string of the molecule is CO[C@@H]1C[C@H]2CN(Cc3cc4cccc(C)c4[nH]c3=O)C[C@H]2C[C@H]1Nc1ccccn1. The van der Waals surface area contributed by atoms with Crippen LogP contribution in [0.3, 0.4) is 0 Å². The average molecular weight is 419 g/mol. The minimum Gasteiger partial charge on any atom is -0.379 e. The summed E-state index contributed by atoms with van der Waals surface area (Å²) in [6.45, 7) is 4.77. The molecule has 162 valence electrons. The molecule has 4 atom stereocenters. The third kappa shape index (κ3) is 4.10. The maximum absolute atomic E-state index is 12.7. The quantitative estimate of drug-likeness (QED) is 0.663. The molecule has 0 radical (unpaired) electrons. The maximum Gasteiger partial charge on any atom is 0.252 e. The van der Waals surface area contributed by atoms with Crippen molar-refractivity contribution in [1.82, 2.24) is 14.9 Å². The van der Waals surface area contributed by atoms with Crippen molar-refractivity contribution in [3.8, 4) is 0 Å². The number of H-pyrrole nitrogens is 1. The van der Waals surface area contributed by atoms with Crippen LogP contribution in [0.5, 0.6) is 0 Å². The number of nitrogens with zero attached hydrogens (tertiary/aromatic N) is 2. The number of methoxy groups -OCH3 is 1. The summed E-state index contributed by atoms with van der Waals surface area (Å²) >= 11 is 0. The fourth-order valence-corrected chi connectivity index (χ4v) is 5.48. The van der Waals surface area contributed by atoms with E-state index >= 15 is 0 Å². The first-order chi connectivity index (χ1) is 15.1. The molecule has 3 aromatic rings. The van der Waals surface area contributed by atoms with Gasteiger partial charge < -0.3 is 15.0 Å². The monoisotopic (exact) mass is 418 g/mol. The van der Waals surface area contributed by atoms with Crippen molar-refractivity contribution in [3.05, 3.63) is 70.1 Å². The first kappa shape index (κ1) is 20.2. The van der Waals surface area contributed by atoms with Gasteiger partial charge in [0.1, 0.15) is 5.82 Å². The molecule has 0 unspecified atom stereocenters. The first-order valence-corrected chi connectivity index (χ1v) is 11.1. The molecule has 0 bridgehead atoms. The fraction of sp³-hybridized carbons (Fsp3) is 0.440. The number of benzene rings is 1. The van der Waals surface area contributed by atoms with Gasteiger partial charge in [0.25, 0.3) is 5.56 Å². The smallest absolute Gasteiger partial charge is 0.252 e. The summed E-state index contributed by atoms with van der Waals surface area (Å²) in [5, 5.41) is 4.69. The number of anilines is 1. The lowest BCUT2D eigenvalue weighted by atomic mass is 9.77. The van der Waals surface area contributed by atoms with E-state index in [1.807, 2.05) is 43.5 Å².